The van der Waals surface area contributed by atoms with Gasteiger partial charge in [-0.3, -0.25) is 9.78 Å². The quantitative estimate of drug-likeness (QED) is 0.279. The first-order chi connectivity index (χ1) is 17.7. The van der Waals surface area contributed by atoms with Gasteiger partial charge in [0.1, 0.15) is 5.82 Å². The number of para-hydroxylation sites is 1. The topological polar surface area (TPSA) is 46.9 Å². The summed E-state index contributed by atoms with van der Waals surface area (Å²) in [4.78, 5) is 17.4. The summed E-state index contributed by atoms with van der Waals surface area (Å²) in [7, 11) is 0. The number of carbonyl (C=O) groups is 1. The Balaban J connectivity index is 1.45. The molecule has 2 heterocycles. The molecule has 1 amide bonds. The van der Waals surface area contributed by atoms with E-state index in [0.29, 0.717) is 25.1 Å². The Morgan fingerprint density at radius 1 is 0.861 bits per heavy atom. The second-order valence-corrected chi connectivity index (χ2v) is 8.91. The van der Waals surface area contributed by atoms with Crippen molar-refractivity contribution in [3.05, 3.63) is 138 Å². The predicted molar refractivity (Wildman–Crippen MR) is 141 cm³/mol. The van der Waals surface area contributed by atoms with Gasteiger partial charge in [-0.05, 0) is 41.0 Å². The highest BCUT2D eigenvalue weighted by Crippen LogP contribution is 2.36. The van der Waals surface area contributed by atoms with Gasteiger partial charge in [-0.2, -0.15) is 0 Å². The van der Waals surface area contributed by atoms with E-state index in [-0.39, 0.29) is 18.1 Å². The van der Waals surface area contributed by atoms with Crippen molar-refractivity contribution in [1.82, 2.24) is 14.9 Å². The van der Waals surface area contributed by atoms with Crippen molar-refractivity contribution in [2.45, 2.75) is 25.3 Å². The van der Waals surface area contributed by atoms with E-state index < -0.39 is 5.92 Å². The minimum atomic E-state index is -0.414. The van der Waals surface area contributed by atoms with Crippen LogP contribution in [0.25, 0.3) is 10.9 Å². The number of nitrogens with one attached hydrogen (secondary N) is 1. The number of pyridine rings is 1. The third-order valence-electron chi connectivity index (χ3n) is 6.49. The Morgan fingerprint density at radius 3 is 2.42 bits per heavy atom. The molecule has 180 valence electrons. The van der Waals surface area contributed by atoms with Crippen LogP contribution in [0.5, 0.6) is 0 Å². The number of aromatic nitrogens is 2. The van der Waals surface area contributed by atoms with Crippen molar-refractivity contribution in [1.29, 1.82) is 0 Å². The lowest BCUT2D eigenvalue weighted by Crippen LogP contribution is -2.27. The summed E-state index contributed by atoms with van der Waals surface area (Å²) in [6, 6.07) is 30.9. The number of hydrogen-bond donors (Lipinski definition) is 1. The molecule has 0 bridgehead atoms. The van der Waals surface area contributed by atoms with Crippen LogP contribution in [0.4, 0.5) is 4.39 Å². The molecule has 0 radical (unpaired) electrons. The van der Waals surface area contributed by atoms with E-state index in [2.05, 4.69) is 45.3 Å². The zero-order chi connectivity index (χ0) is 24.7. The highest BCUT2D eigenvalue weighted by Gasteiger charge is 2.25. The SMILES string of the molecule is O=C(C[C@H](c1ccccc1F)c1cn(Cc2ccccc2)c2ccccc12)NCCc1ccccn1. The van der Waals surface area contributed by atoms with Crippen molar-refractivity contribution in [2.75, 3.05) is 6.54 Å². The molecule has 0 saturated heterocycles. The molecular formula is C31H28FN3O. The number of hydrogen-bond acceptors (Lipinski definition) is 2. The van der Waals surface area contributed by atoms with Gasteiger partial charge >= 0.3 is 0 Å². The fourth-order valence-electron chi connectivity index (χ4n) is 4.74. The summed E-state index contributed by atoms with van der Waals surface area (Å²) in [6.07, 6.45) is 4.63. The maximum atomic E-state index is 15.1. The van der Waals surface area contributed by atoms with Crippen molar-refractivity contribution >= 4 is 16.8 Å². The van der Waals surface area contributed by atoms with Crippen LogP contribution in [-0.2, 0) is 17.8 Å². The molecule has 0 aliphatic carbocycles. The molecule has 0 saturated carbocycles. The van der Waals surface area contributed by atoms with Gasteiger partial charge in [-0.15, -0.1) is 0 Å². The van der Waals surface area contributed by atoms with Crippen LogP contribution in [0, 0.1) is 5.82 Å². The number of amides is 1. The third-order valence-corrected chi connectivity index (χ3v) is 6.49. The van der Waals surface area contributed by atoms with Gasteiger partial charge in [-0.25, -0.2) is 4.39 Å². The van der Waals surface area contributed by atoms with Crippen molar-refractivity contribution in [3.8, 4) is 0 Å². The molecule has 1 atom stereocenters. The van der Waals surface area contributed by atoms with Gasteiger partial charge in [0.2, 0.25) is 5.91 Å². The normalized spacial score (nSPS) is 11.9. The first-order valence-corrected chi connectivity index (χ1v) is 12.2. The lowest BCUT2D eigenvalue weighted by molar-refractivity contribution is -0.121. The predicted octanol–water partition coefficient (Wildman–Crippen LogP) is 6.10. The number of nitrogens with zero attached hydrogens (tertiary/aromatic N) is 2. The number of rotatable bonds is 9. The Kier molecular flexibility index (Phi) is 7.17. The Morgan fingerprint density at radius 2 is 1.61 bits per heavy atom. The van der Waals surface area contributed by atoms with E-state index in [4.69, 9.17) is 0 Å². The average Bonchev–Trinajstić information content (AvgIpc) is 3.27. The second kappa shape index (κ2) is 11.0. The molecule has 0 aliphatic rings. The Labute approximate surface area is 210 Å². The molecule has 36 heavy (non-hydrogen) atoms. The van der Waals surface area contributed by atoms with Crippen LogP contribution in [0.15, 0.2) is 109 Å². The van der Waals surface area contributed by atoms with E-state index in [0.717, 1.165) is 22.2 Å². The van der Waals surface area contributed by atoms with Crippen LogP contribution in [-0.4, -0.2) is 22.0 Å². The van der Waals surface area contributed by atoms with Gasteiger partial charge in [0.25, 0.3) is 0 Å². The molecule has 0 fully saturated rings. The number of benzene rings is 3. The largest absolute Gasteiger partial charge is 0.356 e. The number of fused-ring (bicyclic) bond motifs is 1. The summed E-state index contributed by atoms with van der Waals surface area (Å²) >= 11 is 0. The van der Waals surface area contributed by atoms with Crippen LogP contribution in [0.3, 0.4) is 0 Å². The van der Waals surface area contributed by atoms with Crippen molar-refractivity contribution < 1.29 is 9.18 Å². The van der Waals surface area contributed by atoms with E-state index in [1.165, 1.54) is 11.6 Å². The third kappa shape index (κ3) is 5.36. The van der Waals surface area contributed by atoms with Gasteiger partial charge < -0.3 is 9.88 Å². The maximum absolute atomic E-state index is 15.1. The molecule has 2 aromatic heterocycles. The van der Waals surface area contributed by atoms with Crippen LogP contribution >= 0.6 is 0 Å². The second-order valence-electron chi connectivity index (χ2n) is 8.91. The van der Waals surface area contributed by atoms with Crippen LogP contribution in [0.2, 0.25) is 0 Å². The minimum Gasteiger partial charge on any atom is -0.356 e. The van der Waals surface area contributed by atoms with Crippen molar-refractivity contribution in [3.63, 3.8) is 0 Å². The van der Waals surface area contributed by atoms with Gasteiger partial charge in [0.05, 0.1) is 0 Å². The number of carbonyl (C=O) groups excluding carboxylic acids is 1. The molecule has 0 aliphatic heterocycles. The Hall–Kier alpha value is -4.25. The molecule has 0 spiro atoms. The summed E-state index contributed by atoms with van der Waals surface area (Å²) in [5, 5.41) is 4.04. The molecule has 5 rings (SSSR count). The van der Waals surface area contributed by atoms with E-state index >= 15 is 4.39 Å². The maximum Gasteiger partial charge on any atom is 0.220 e. The molecule has 5 aromatic rings. The van der Waals surface area contributed by atoms with E-state index in [1.54, 1.807) is 18.3 Å². The first-order valence-electron chi connectivity index (χ1n) is 12.2. The molecular weight excluding hydrogens is 449 g/mol. The smallest absolute Gasteiger partial charge is 0.220 e. The lowest BCUT2D eigenvalue weighted by Gasteiger charge is -2.18. The highest BCUT2D eigenvalue weighted by atomic mass is 19.1. The summed E-state index contributed by atoms with van der Waals surface area (Å²) in [6.45, 7) is 1.18. The first kappa shape index (κ1) is 23.5. The lowest BCUT2D eigenvalue weighted by atomic mass is 9.87. The van der Waals surface area contributed by atoms with Gasteiger partial charge in [-0.1, -0.05) is 72.8 Å². The number of halogens is 1. The molecule has 0 unspecified atom stereocenters. The van der Waals surface area contributed by atoms with E-state index in [9.17, 15) is 4.79 Å². The zero-order valence-corrected chi connectivity index (χ0v) is 20.0. The molecule has 5 heteroatoms. The van der Waals surface area contributed by atoms with Crippen molar-refractivity contribution in [2.24, 2.45) is 0 Å². The Bertz CT molecular complexity index is 1450. The monoisotopic (exact) mass is 477 g/mol. The van der Waals surface area contributed by atoms with Gasteiger partial charge in [0, 0.05) is 60.8 Å². The summed E-state index contributed by atoms with van der Waals surface area (Å²) in [5.41, 5.74) is 4.65. The summed E-state index contributed by atoms with van der Waals surface area (Å²) < 4.78 is 17.2. The zero-order valence-electron chi connectivity index (χ0n) is 20.0. The highest BCUT2D eigenvalue weighted by molar-refractivity contribution is 5.86. The molecule has 1 N–H and O–H groups in total. The molecule has 3 aromatic carbocycles. The van der Waals surface area contributed by atoms with E-state index in [1.807, 2.05) is 54.6 Å². The molecule has 4 nitrogen and oxygen atoms in total. The van der Waals surface area contributed by atoms with Crippen LogP contribution in [0.1, 0.15) is 34.7 Å². The minimum absolute atomic E-state index is 0.112. The fraction of sp³-hybridized carbons (Fsp3) is 0.161. The summed E-state index contributed by atoms with van der Waals surface area (Å²) in [5.74, 6) is -0.828. The van der Waals surface area contributed by atoms with Gasteiger partial charge in [0.15, 0.2) is 0 Å². The average molecular weight is 478 g/mol. The fourth-order valence-corrected chi connectivity index (χ4v) is 4.74. The standard InChI is InChI=1S/C31H28FN3O/c32-29-15-6-4-13-25(29)27(20-31(36)34-19-17-24-12-8-9-18-33-24)28-22-35(21-23-10-2-1-3-11-23)30-16-7-5-14-26(28)30/h1-16,18,22,27H,17,19-21H2,(H,34,36)/t27-/m1/s1. The van der Waals surface area contributed by atoms with Crippen LogP contribution < -0.4 is 5.32 Å².